The smallest absolute Gasteiger partial charge is 0.480 e. The molecule has 1 saturated carbocycles. The van der Waals surface area contributed by atoms with Crippen molar-refractivity contribution in [3.63, 3.8) is 0 Å². The van der Waals surface area contributed by atoms with Crippen LogP contribution < -0.4 is 0 Å². The van der Waals surface area contributed by atoms with Crippen LogP contribution in [-0.4, -0.2) is 282 Å². The second-order valence-electron chi connectivity index (χ2n) is 13.4. The van der Waals surface area contributed by atoms with Gasteiger partial charge in [0, 0.05) is 6.54 Å². The average Bonchev–Trinajstić information content (AvgIpc) is 2.95. The number of aliphatic hydroxyl groups is 6. The largest absolute Gasteiger partial charge is 2.00 e. The normalized spacial score (nSPS) is 22.6. The van der Waals surface area contributed by atoms with Crippen LogP contribution >= 0.6 is 0 Å². The molecule has 0 amide bonds. The molecule has 0 aliphatic heterocycles. The molecule has 1 fully saturated rings. The first kappa shape index (κ1) is 64.5. The first-order valence-corrected chi connectivity index (χ1v) is 16.3. The number of aliphatic carboxylic acids is 6. The minimum atomic E-state index is -1.52. The molecule has 4 atom stereocenters. The summed E-state index contributed by atoms with van der Waals surface area (Å²) in [4.78, 5) is 72.8. The zero-order valence-corrected chi connectivity index (χ0v) is 36.9. The molecular formula is C30H56N6O18Yb3+6. The van der Waals surface area contributed by atoms with E-state index in [1.807, 2.05) is 0 Å². The Balaban J connectivity index is -0.000000468. The Morgan fingerprint density at radius 3 is 1.04 bits per heavy atom. The van der Waals surface area contributed by atoms with E-state index in [1.54, 1.807) is 0 Å². The molecule has 0 bridgehead atoms. The number of aliphatic hydroxyl groups excluding tert-OH is 6. The summed E-state index contributed by atoms with van der Waals surface area (Å²) in [7, 11) is 8.18. The van der Waals surface area contributed by atoms with Crippen LogP contribution in [0.1, 0.15) is 0 Å². The van der Waals surface area contributed by atoms with Gasteiger partial charge < -0.3 is 61.3 Å². The van der Waals surface area contributed by atoms with Crippen molar-refractivity contribution >= 4 is 35.8 Å². The Bertz CT molecular complexity index is 1140. The third-order valence-electron chi connectivity index (χ3n) is 8.85. The zero-order valence-electron chi connectivity index (χ0n) is 31.7. The van der Waals surface area contributed by atoms with Crippen molar-refractivity contribution in [3.05, 3.63) is 0 Å². The third kappa shape index (κ3) is 22.7. The van der Waals surface area contributed by atoms with Crippen molar-refractivity contribution in [2.45, 2.75) is 60.7 Å². The Morgan fingerprint density at radius 2 is 0.772 bits per heavy atom. The topological polar surface area (TPSA) is 365 Å². The van der Waals surface area contributed by atoms with Gasteiger partial charge in [-0.25, -0.2) is 0 Å². The van der Waals surface area contributed by atoms with Gasteiger partial charge in [0.1, 0.15) is 0 Å². The summed E-state index contributed by atoms with van der Waals surface area (Å²) in [5.74, 6) is -7.19. The molecule has 0 aromatic heterocycles. The number of rotatable bonds is 23. The number of likely N-dealkylation sites (N-methyl/N-ethyl adjacent to an activating group) is 6. The molecule has 0 aromatic carbocycles. The molecule has 12 N–H and O–H groups in total. The number of carboxylic acids is 6. The van der Waals surface area contributed by atoms with E-state index < -0.39 is 136 Å². The number of nitrogens with zero attached hydrogens (tertiary/aromatic N) is 6. The van der Waals surface area contributed by atoms with Crippen LogP contribution in [0.3, 0.4) is 0 Å². The summed E-state index contributed by atoms with van der Waals surface area (Å²) in [6.07, 6.45) is -7.35. The maximum absolute atomic E-state index is 11.0. The van der Waals surface area contributed by atoms with E-state index in [0.29, 0.717) is 0 Å². The van der Waals surface area contributed by atoms with Crippen molar-refractivity contribution < 1.29 is 231 Å². The van der Waals surface area contributed by atoms with Gasteiger partial charge in [0.15, 0.2) is 0 Å². The van der Waals surface area contributed by atoms with Gasteiger partial charge in [0.25, 0.3) is 0 Å². The zero-order chi connectivity index (χ0) is 42.4. The number of hydrogen-bond acceptors (Lipinski definition) is 18. The van der Waals surface area contributed by atoms with Crippen LogP contribution in [-0.2, 0) is 28.8 Å². The predicted molar refractivity (Wildman–Crippen MR) is 183 cm³/mol. The van der Waals surface area contributed by atoms with E-state index in [0.717, 1.165) is 4.90 Å². The van der Waals surface area contributed by atoms with E-state index in [9.17, 15) is 59.4 Å². The predicted octanol–water partition coefficient (Wildman–Crippen LogP) is -7.28. The molecule has 1 aliphatic carbocycles. The van der Waals surface area contributed by atoms with Gasteiger partial charge in [-0.05, 0) is 42.3 Å². The van der Waals surface area contributed by atoms with Crippen LogP contribution in [0, 0.1) is 141 Å². The summed E-state index contributed by atoms with van der Waals surface area (Å²) < 4.78 is 0. The van der Waals surface area contributed by atoms with Crippen molar-refractivity contribution in [1.29, 1.82) is 0 Å². The van der Waals surface area contributed by atoms with Gasteiger partial charge in [-0.1, -0.05) is 0 Å². The molecule has 0 radical (unpaired) electrons. The first-order chi connectivity index (χ1) is 24.8. The molecule has 57 heavy (non-hydrogen) atoms. The van der Waals surface area contributed by atoms with E-state index in [1.165, 1.54) is 66.8 Å². The number of carbonyl (C=O) groups is 6. The third-order valence-corrected chi connectivity index (χ3v) is 8.85. The Morgan fingerprint density at radius 1 is 0.491 bits per heavy atom. The summed E-state index contributed by atoms with van der Waals surface area (Å²) in [5.41, 5.74) is 0. The van der Waals surface area contributed by atoms with Gasteiger partial charge in [0.05, 0.1) is 107 Å². The van der Waals surface area contributed by atoms with Crippen LogP contribution in [0.25, 0.3) is 0 Å². The molecule has 1 rings (SSSR count). The molecule has 0 aromatic rings. The maximum atomic E-state index is 11.0. The molecule has 24 nitrogen and oxygen atoms in total. The molecule has 0 saturated heterocycles. The van der Waals surface area contributed by atoms with Crippen LogP contribution in [0.5, 0.6) is 0 Å². The van der Waals surface area contributed by atoms with Crippen LogP contribution in [0.2, 0.25) is 0 Å². The Kier molecular flexibility index (Phi) is 35.9. The second kappa shape index (κ2) is 31.7. The second-order valence-corrected chi connectivity index (χ2v) is 13.4. The van der Waals surface area contributed by atoms with Crippen LogP contribution in [0.4, 0.5) is 0 Å². The van der Waals surface area contributed by atoms with Crippen molar-refractivity contribution in [2.75, 3.05) is 94.7 Å². The molecule has 27 heteroatoms. The quantitative estimate of drug-likeness (QED) is 0.0452. The molecule has 0 spiro atoms. The van der Waals surface area contributed by atoms with Crippen molar-refractivity contribution in [3.8, 4) is 0 Å². The summed E-state index contributed by atoms with van der Waals surface area (Å²) >= 11 is 0. The van der Waals surface area contributed by atoms with Crippen molar-refractivity contribution in [1.82, 2.24) is 29.4 Å². The monoisotopic (exact) mass is 1310 g/mol. The summed E-state index contributed by atoms with van der Waals surface area (Å²) in [5, 5.41) is 117. The Hall–Kier alpha value is 0.898. The first-order valence-electron chi connectivity index (χ1n) is 16.3. The molecule has 4 unspecified atom stereocenters. The standard InChI is InChI=1S/C15H27N3O9.C15H29N3O9.3Yb/c1-16(4-7(19)20)10-13(25)11(17(2)5-8(21)22)15(27)12(14(10)26)18(3)6-9(23)24;1-16(5-11(21)22)4-10(20)14(18(3)7-13(25)26)15(27)9(8-19)17(2)6-12(23)24;;;/h10-15,25-27H,4-6H2,1-3H3,(H,19,20)(H,21,22)(H,23,24);9-10,14-15,19-20,27H,4-8H2,1-3H3,(H,21,22)(H,23,24)(H,25,26);;;/q;;3*+2. The molecule has 350 valence electrons. The number of carboxylic acid groups (broad SMARTS) is 6. The van der Waals surface area contributed by atoms with Gasteiger partial charge in [-0.2, -0.15) is 0 Å². The molecular weight excluding hydrogens is 1250 g/mol. The average molecular weight is 1310 g/mol. The molecule has 1 aliphatic rings. The fraction of sp³-hybridized carbons (Fsp3) is 0.800. The van der Waals surface area contributed by atoms with Gasteiger partial charge in [0.2, 0.25) is 0 Å². The number of hydrogen-bond donors (Lipinski definition) is 12. The van der Waals surface area contributed by atoms with E-state index >= 15 is 0 Å². The molecule has 0 heterocycles. The van der Waals surface area contributed by atoms with E-state index in [4.69, 9.17) is 30.6 Å². The minimum absolute atomic E-state index is 0. The maximum Gasteiger partial charge on any atom is 2.00 e. The van der Waals surface area contributed by atoms with E-state index in [2.05, 4.69) is 0 Å². The van der Waals surface area contributed by atoms with Gasteiger partial charge in [-0.3, -0.25) is 58.2 Å². The minimum Gasteiger partial charge on any atom is -0.480 e. The van der Waals surface area contributed by atoms with Gasteiger partial charge in [-0.15, -0.1) is 0 Å². The van der Waals surface area contributed by atoms with Crippen molar-refractivity contribution in [2.24, 2.45) is 0 Å². The van der Waals surface area contributed by atoms with Crippen LogP contribution in [0.15, 0.2) is 0 Å². The fourth-order valence-electron chi connectivity index (χ4n) is 6.62. The summed E-state index contributed by atoms with van der Waals surface area (Å²) in [6, 6.07) is -5.82. The van der Waals surface area contributed by atoms with Gasteiger partial charge >= 0.3 is 177 Å². The fourth-order valence-corrected chi connectivity index (χ4v) is 6.62. The SMILES string of the molecule is CN(CC(=O)O)C1C(O)C(N(C)CC(=O)O)C(O)C(N(C)CC(=O)O)C1O.CN(CC(=O)O)CC(O)C(C(O)C(CO)N(C)CC(=O)O)N(C)CC(=O)O.[Yb+2].[Yb+2].[Yb+2]. The summed E-state index contributed by atoms with van der Waals surface area (Å²) in [6.45, 7) is -3.84. The Labute approximate surface area is 445 Å². The van der Waals surface area contributed by atoms with E-state index in [-0.39, 0.29) is 154 Å².